The van der Waals surface area contributed by atoms with Crippen molar-refractivity contribution in [3.8, 4) is 0 Å². The molecule has 1 atom stereocenters. The Morgan fingerprint density at radius 1 is 1.04 bits per heavy atom. The zero-order valence-corrected chi connectivity index (χ0v) is 16.8. The van der Waals surface area contributed by atoms with Crippen molar-refractivity contribution in [1.29, 1.82) is 0 Å². The maximum Gasteiger partial charge on any atom is 0.0999 e. The van der Waals surface area contributed by atoms with E-state index in [1.165, 1.54) is 16.7 Å². The van der Waals surface area contributed by atoms with E-state index in [1.54, 1.807) is 0 Å². The van der Waals surface area contributed by atoms with E-state index in [4.69, 9.17) is 4.99 Å². The highest BCUT2D eigenvalue weighted by molar-refractivity contribution is 8.26. The lowest BCUT2D eigenvalue weighted by Crippen LogP contribution is -2.40. The molecule has 25 heavy (non-hydrogen) atoms. The maximum absolute atomic E-state index is 5.13. The van der Waals surface area contributed by atoms with Gasteiger partial charge >= 0.3 is 0 Å². The number of rotatable bonds is 6. The summed E-state index contributed by atoms with van der Waals surface area (Å²) in [5, 5.41) is 1.15. The molecule has 3 heteroatoms. The van der Waals surface area contributed by atoms with Gasteiger partial charge in [-0.1, -0.05) is 78.0 Å². The fraction of sp³-hybridized carbons (Fsp3) is 0.318. The summed E-state index contributed by atoms with van der Waals surface area (Å²) in [6.07, 6.45) is 0.960. The fourth-order valence-corrected chi connectivity index (χ4v) is 6.47. The Bertz CT molecular complexity index is 765. The van der Waals surface area contributed by atoms with Gasteiger partial charge in [0.25, 0.3) is 0 Å². The molecule has 0 aliphatic carbocycles. The van der Waals surface area contributed by atoms with Gasteiger partial charge in [0.1, 0.15) is 0 Å². The highest BCUT2D eigenvalue weighted by atomic mass is 32.2. The van der Waals surface area contributed by atoms with Gasteiger partial charge < -0.3 is 0 Å². The van der Waals surface area contributed by atoms with Crippen molar-refractivity contribution in [2.75, 3.05) is 0 Å². The molecule has 0 saturated heterocycles. The van der Waals surface area contributed by atoms with Crippen LogP contribution in [0, 0.1) is 0 Å². The molecular weight excluding hydrogens is 342 g/mol. The standard InChI is InChI=1S/C22H25NS2/c1-17(2)15-22(24-16-18-11-7-5-8-12-18)21(3,4)23-20(25-22)19-13-9-6-10-14-19/h5-14H,1,15-16H2,2-4H3. The second-order valence-corrected chi connectivity index (χ2v) is 9.93. The average molecular weight is 368 g/mol. The van der Waals surface area contributed by atoms with E-state index in [9.17, 15) is 0 Å². The minimum atomic E-state index is -0.152. The van der Waals surface area contributed by atoms with Gasteiger partial charge in [0, 0.05) is 11.3 Å². The van der Waals surface area contributed by atoms with E-state index in [0.29, 0.717) is 0 Å². The van der Waals surface area contributed by atoms with Crippen molar-refractivity contribution in [3.63, 3.8) is 0 Å². The molecule has 1 unspecified atom stereocenters. The van der Waals surface area contributed by atoms with Crippen LogP contribution < -0.4 is 0 Å². The highest BCUT2D eigenvalue weighted by Crippen LogP contribution is 2.57. The smallest absolute Gasteiger partial charge is 0.0999 e. The third kappa shape index (κ3) is 4.04. The molecular formula is C22H25NS2. The van der Waals surface area contributed by atoms with Crippen LogP contribution in [0.25, 0.3) is 0 Å². The summed E-state index contributed by atoms with van der Waals surface area (Å²) in [4.78, 5) is 5.13. The number of aliphatic imine (C=N–C) groups is 1. The fourth-order valence-electron chi connectivity index (χ4n) is 3.03. The normalized spacial score (nSPS) is 21.8. The van der Waals surface area contributed by atoms with Crippen LogP contribution in [-0.2, 0) is 5.75 Å². The summed E-state index contributed by atoms with van der Waals surface area (Å²) in [5.41, 5.74) is 3.63. The van der Waals surface area contributed by atoms with E-state index in [0.717, 1.165) is 17.2 Å². The average Bonchev–Trinajstić information content (AvgIpc) is 2.85. The van der Waals surface area contributed by atoms with Gasteiger partial charge in [0.15, 0.2) is 0 Å². The number of hydrogen-bond acceptors (Lipinski definition) is 3. The van der Waals surface area contributed by atoms with Crippen LogP contribution in [0.4, 0.5) is 0 Å². The Kier molecular flexibility index (Phi) is 5.45. The summed E-state index contributed by atoms with van der Waals surface area (Å²) in [7, 11) is 0. The molecule has 1 aliphatic heterocycles. The first kappa shape index (κ1) is 18.3. The van der Waals surface area contributed by atoms with E-state index < -0.39 is 0 Å². The second kappa shape index (κ2) is 7.43. The van der Waals surface area contributed by atoms with Crippen LogP contribution in [0.3, 0.4) is 0 Å². The zero-order chi connectivity index (χ0) is 17.9. The lowest BCUT2D eigenvalue weighted by Gasteiger charge is -2.38. The molecule has 2 aromatic carbocycles. The molecule has 0 fully saturated rings. The Balaban J connectivity index is 1.88. The van der Waals surface area contributed by atoms with Crippen molar-refractivity contribution in [2.45, 2.75) is 42.6 Å². The van der Waals surface area contributed by atoms with Crippen molar-refractivity contribution >= 4 is 28.6 Å². The van der Waals surface area contributed by atoms with E-state index >= 15 is 0 Å². The Morgan fingerprint density at radius 3 is 2.24 bits per heavy atom. The zero-order valence-electron chi connectivity index (χ0n) is 15.2. The number of nitrogens with zero attached hydrogens (tertiary/aromatic N) is 1. The van der Waals surface area contributed by atoms with E-state index in [-0.39, 0.29) is 9.62 Å². The lowest BCUT2D eigenvalue weighted by atomic mass is 9.95. The monoisotopic (exact) mass is 367 g/mol. The molecule has 0 N–H and O–H groups in total. The molecule has 0 radical (unpaired) electrons. The molecule has 0 aromatic heterocycles. The maximum atomic E-state index is 5.13. The topological polar surface area (TPSA) is 12.4 Å². The van der Waals surface area contributed by atoms with Crippen molar-refractivity contribution < 1.29 is 0 Å². The minimum absolute atomic E-state index is 0.0279. The third-order valence-corrected chi connectivity index (χ3v) is 8.13. The predicted octanol–water partition coefficient (Wildman–Crippen LogP) is 6.55. The van der Waals surface area contributed by atoms with Crippen molar-refractivity contribution in [3.05, 3.63) is 83.9 Å². The Morgan fingerprint density at radius 2 is 1.64 bits per heavy atom. The second-order valence-electron chi connectivity index (χ2n) is 7.11. The number of hydrogen-bond donors (Lipinski definition) is 0. The van der Waals surface area contributed by atoms with E-state index in [1.807, 2.05) is 23.5 Å². The number of allylic oxidation sites excluding steroid dienone is 1. The summed E-state index contributed by atoms with van der Waals surface area (Å²) >= 11 is 3.92. The van der Waals surface area contributed by atoms with E-state index in [2.05, 4.69) is 88.0 Å². The first-order valence-electron chi connectivity index (χ1n) is 8.58. The summed E-state index contributed by atoms with van der Waals surface area (Å²) in [6, 6.07) is 21.2. The highest BCUT2D eigenvalue weighted by Gasteiger charge is 2.51. The molecule has 1 aliphatic rings. The summed E-state index contributed by atoms with van der Waals surface area (Å²) in [5.74, 6) is 0.988. The van der Waals surface area contributed by atoms with Gasteiger partial charge in [-0.25, -0.2) is 0 Å². The third-order valence-electron chi connectivity index (χ3n) is 4.44. The Labute approximate surface area is 160 Å². The summed E-state index contributed by atoms with van der Waals surface area (Å²) < 4.78 is -0.0279. The minimum Gasteiger partial charge on any atom is -0.269 e. The van der Waals surface area contributed by atoms with Crippen LogP contribution in [0.1, 0.15) is 38.3 Å². The molecule has 0 bridgehead atoms. The molecule has 0 amide bonds. The molecule has 0 spiro atoms. The molecule has 0 saturated carbocycles. The van der Waals surface area contributed by atoms with Gasteiger partial charge in [-0.05, 0) is 32.8 Å². The molecule has 2 aromatic rings. The van der Waals surface area contributed by atoms with Crippen molar-refractivity contribution in [1.82, 2.24) is 0 Å². The largest absolute Gasteiger partial charge is 0.269 e. The van der Waals surface area contributed by atoms with Crippen LogP contribution in [0.2, 0.25) is 0 Å². The quantitative estimate of drug-likeness (QED) is 0.536. The van der Waals surface area contributed by atoms with Gasteiger partial charge in [-0.3, -0.25) is 4.99 Å². The van der Waals surface area contributed by atoms with Crippen molar-refractivity contribution in [2.24, 2.45) is 4.99 Å². The first-order chi connectivity index (χ1) is 11.9. The number of benzene rings is 2. The van der Waals surface area contributed by atoms with Gasteiger partial charge in [0.05, 0.1) is 14.7 Å². The van der Waals surface area contributed by atoms with Crippen LogP contribution in [0.15, 0.2) is 77.8 Å². The number of thioether (sulfide) groups is 2. The van der Waals surface area contributed by atoms with Crippen LogP contribution in [-0.4, -0.2) is 14.7 Å². The molecule has 3 rings (SSSR count). The van der Waals surface area contributed by atoms with Crippen LogP contribution in [0.5, 0.6) is 0 Å². The summed E-state index contributed by atoms with van der Waals surface area (Å²) in [6.45, 7) is 10.9. The molecule has 1 nitrogen and oxygen atoms in total. The molecule has 1 heterocycles. The molecule has 130 valence electrons. The lowest BCUT2D eigenvalue weighted by molar-refractivity contribution is 0.474. The predicted molar refractivity (Wildman–Crippen MR) is 115 cm³/mol. The first-order valence-corrected chi connectivity index (χ1v) is 10.4. The van der Waals surface area contributed by atoms with Gasteiger partial charge in [0.2, 0.25) is 0 Å². The Hall–Kier alpha value is -1.45. The van der Waals surface area contributed by atoms with Crippen LogP contribution >= 0.6 is 23.5 Å². The van der Waals surface area contributed by atoms with Gasteiger partial charge in [-0.15, -0.1) is 18.3 Å². The van der Waals surface area contributed by atoms with Gasteiger partial charge in [-0.2, -0.15) is 0 Å². The SMILES string of the molecule is C=C(C)CC1(SCc2ccccc2)SC(c2ccccc2)=NC1(C)C.